The molecule has 1 rings (SSSR count). The smallest absolute Gasteiger partial charge is 0.326 e. The van der Waals surface area contributed by atoms with E-state index >= 15 is 0 Å². The van der Waals surface area contributed by atoms with Crippen molar-refractivity contribution < 1.29 is 0 Å². The SMILES string of the molecule is Cc1cnc(=O)n(CC(C)N)c1. The highest BCUT2D eigenvalue weighted by Crippen LogP contribution is 1.90. The van der Waals surface area contributed by atoms with E-state index in [0.29, 0.717) is 6.54 Å². The Morgan fingerprint density at radius 3 is 3.00 bits per heavy atom. The fourth-order valence-electron chi connectivity index (χ4n) is 1.01. The zero-order valence-electron chi connectivity index (χ0n) is 7.32. The van der Waals surface area contributed by atoms with Gasteiger partial charge in [-0.15, -0.1) is 0 Å². The zero-order chi connectivity index (χ0) is 9.14. The van der Waals surface area contributed by atoms with Crippen LogP contribution in [0.5, 0.6) is 0 Å². The predicted molar refractivity (Wildman–Crippen MR) is 46.9 cm³/mol. The van der Waals surface area contributed by atoms with Crippen LogP contribution in [0.1, 0.15) is 12.5 Å². The molecule has 0 aliphatic rings. The van der Waals surface area contributed by atoms with Crippen LogP contribution in [0.4, 0.5) is 0 Å². The van der Waals surface area contributed by atoms with Gasteiger partial charge < -0.3 is 5.73 Å². The third-order valence-electron chi connectivity index (χ3n) is 1.47. The highest BCUT2D eigenvalue weighted by atomic mass is 16.1. The summed E-state index contributed by atoms with van der Waals surface area (Å²) >= 11 is 0. The third-order valence-corrected chi connectivity index (χ3v) is 1.47. The van der Waals surface area contributed by atoms with Gasteiger partial charge in [0.1, 0.15) is 0 Å². The number of hydrogen-bond acceptors (Lipinski definition) is 3. The maximum absolute atomic E-state index is 11.1. The summed E-state index contributed by atoms with van der Waals surface area (Å²) in [5.74, 6) is 0. The molecule has 0 aromatic carbocycles. The van der Waals surface area contributed by atoms with Gasteiger partial charge in [-0.2, -0.15) is 0 Å². The summed E-state index contributed by atoms with van der Waals surface area (Å²) in [7, 11) is 0. The van der Waals surface area contributed by atoms with Crippen molar-refractivity contribution in [1.82, 2.24) is 9.55 Å². The molecule has 1 unspecified atom stereocenters. The summed E-state index contributed by atoms with van der Waals surface area (Å²) in [6, 6.07) is -0.0219. The van der Waals surface area contributed by atoms with Crippen LogP contribution >= 0.6 is 0 Å². The van der Waals surface area contributed by atoms with E-state index in [1.165, 1.54) is 4.57 Å². The Morgan fingerprint density at radius 1 is 1.75 bits per heavy atom. The maximum atomic E-state index is 11.1. The van der Waals surface area contributed by atoms with Crippen molar-refractivity contribution in [2.75, 3.05) is 0 Å². The Balaban J connectivity index is 2.98. The van der Waals surface area contributed by atoms with E-state index in [-0.39, 0.29) is 11.7 Å². The van der Waals surface area contributed by atoms with Crippen molar-refractivity contribution in [2.45, 2.75) is 26.4 Å². The first kappa shape index (κ1) is 8.93. The molecule has 0 radical (unpaired) electrons. The summed E-state index contributed by atoms with van der Waals surface area (Å²) in [6.07, 6.45) is 3.32. The van der Waals surface area contributed by atoms with Crippen molar-refractivity contribution in [2.24, 2.45) is 5.73 Å². The van der Waals surface area contributed by atoms with Crippen molar-refractivity contribution in [1.29, 1.82) is 0 Å². The van der Waals surface area contributed by atoms with E-state index < -0.39 is 0 Å². The standard InChI is InChI=1S/C8H13N3O/c1-6-3-10-8(12)11(4-6)5-7(2)9/h3-4,7H,5,9H2,1-2H3. The Bertz CT molecular complexity index is 316. The first-order valence-electron chi connectivity index (χ1n) is 3.88. The second-order valence-corrected chi connectivity index (χ2v) is 3.04. The quantitative estimate of drug-likeness (QED) is 0.669. The van der Waals surface area contributed by atoms with E-state index in [2.05, 4.69) is 4.98 Å². The molecule has 1 aromatic rings. The van der Waals surface area contributed by atoms with E-state index in [4.69, 9.17) is 5.73 Å². The number of nitrogens with two attached hydrogens (primary N) is 1. The molecule has 0 saturated heterocycles. The average molecular weight is 167 g/mol. The molecular weight excluding hydrogens is 154 g/mol. The van der Waals surface area contributed by atoms with Gasteiger partial charge in [-0.1, -0.05) is 0 Å². The molecule has 0 amide bonds. The van der Waals surface area contributed by atoms with E-state index in [0.717, 1.165) is 5.56 Å². The highest BCUT2D eigenvalue weighted by molar-refractivity contribution is 4.99. The van der Waals surface area contributed by atoms with Crippen LogP contribution in [0.2, 0.25) is 0 Å². The lowest BCUT2D eigenvalue weighted by Crippen LogP contribution is -2.30. The Kier molecular flexibility index (Phi) is 2.60. The van der Waals surface area contributed by atoms with Crippen molar-refractivity contribution in [3.63, 3.8) is 0 Å². The van der Waals surface area contributed by atoms with Gasteiger partial charge >= 0.3 is 5.69 Å². The van der Waals surface area contributed by atoms with Gasteiger partial charge in [-0.25, -0.2) is 9.78 Å². The summed E-state index contributed by atoms with van der Waals surface area (Å²) in [6.45, 7) is 4.27. The summed E-state index contributed by atoms with van der Waals surface area (Å²) in [4.78, 5) is 14.8. The molecule has 1 aromatic heterocycles. The van der Waals surface area contributed by atoms with E-state index in [1.807, 2.05) is 13.8 Å². The number of nitrogens with zero attached hydrogens (tertiary/aromatic N) is 2. The fraction of sp³-hybridized carbons (Fsp3) is 0.500. The van der Waals surface area contributed by atoms with Crippen LogP contribution in [0, 0.1) is 6.92 Å². The molecule has 4 heteroatoms. The normalized spacial score (nSPS) is 12.9. The Morgan fingerprint density at radius 2 is 2.42 bits per heavy atom. The molecule has 0 aliphatic carbocycles. The molecule has 0 aliphatic heterocycles. The fourth-order valence-corrected chi connectivity index (χ4v) is 1.01. The van der Waals surface area contributed by atoms with Gasteiger partial charge in [0, 0.05) is 25.0 Å². The molecule has 0 spiro atoms. The lowest BCUT2D eigenvalue weighted by molar-refractivity contribution is 0.561. The molecule has 0 fully saturated rings. The summed E-state index contributed by atoms with van der Waals surface area (Å²) in [5, 5.41) is 0. The number of aromatic nitrogens is 2. The Hall–Kier alpha value is -1.16. The van der Waals surface area contributed by atoms with Crippen molar-refractivity contribution in [3.8, 4) is 0 Å². The summed E-state index contributed by atoms with van der Waals surface area (Å²) < 4.78 is 1.53. The minimum Gasteiger partial charge on any atom is -0.326 e. The van der Waals surface area contributed by atoms with Gasteiger partial charge in [-0.05, 0) is 19.4 Å². The van der Waals surface area contributed by atoms with Gasteiger partial charge in [0.15, 0.2) is 0 Å². The molecule has 0 bridgehead atoms. The van der Waals surface area contributed by atoms with E-state index in [9.17, 15) is 4.79 Å². The second kappa shape index (κ2) is 3.49. The van der Waals surface area contributed by atoms with Crippen LogP contribution in [0.25, 0.3) is 0 Å². The lowest BCUT2D eigenvalue weighted by atomic mass is 10.3. The number of rotatable bonds is 2. The van der Waals surface area contributed by atoms with Crippen molar-refractivity contribution >= 4 is 0 Å². The van der Waals surface area contributed by atoms with Crippen molar-refractivity contribution in [3.05, 3.63) is 28.4 Å². The lowest BCUT2D eigenvalue weighted by Gasteiger charge is -2.07. The van der Waals surface area contributed by atoms with Crippen LogP contribution in [-0.2, 0) is 6.54 Å². The molecule has 4 nitrogen and oxygen atoms in total. The number of aryl methyl sites for hydroxylation is 1. The molecular formula is C8H13N3O. The molecule has 66 valence electrons. The molecule has 0 saturated carbocycles. The van der Waals surface area contributed by atoms with Gasteiger partial charge in [0.25, 0.3) is 0 Å². The Labute approximate surface area is 71.0 Å². The van der Waals surface area contributed by atoms with Crippen LogP contribution in [0.3, 0.4) is 0 Å². The molecule has 1 atom stereocenters. The second-order valence-electron chi connectivity index (χ2n) is 3.04. The third kappa shape index (κ3) is 2.17. The van der Waals surface area contributed by atoms with Crippen LogP contribution in [0.15, 0.2) is 17.2 Å². The monoisotopic (exact) mass is 167 g/mol. The predicted octanol–water partition coefficient (Wildman–Crippen LogP) is -0.101. The molecule has 2 N–H and O–H groups in total. The first-order valence-corrected chi connectivity index (χ1v) is 3.88. The van der Waals surface area contributed by atoms with E-state index in [1.54, 1.807) is 12.4 Å². The maximum Gasteiger partial charge on any atom is 0.347 e. The largest absolute Gasteiger partial charge is 0.347 e. The molecule has 12 heavy (non-hydrogen) atoms. The molecule has 1 heterocycles. The van der Waals surface area contributed by atoms with Gasteiger partial charge in [0.2, 0.25) is 0 Å². The minimum absolute atomic E-state index is 0.0219. The van der Waals surface area contributed by atoms with Gasteiger partial charge in [-0.3, -0.25) is 4.57 Å². The highest BCUT2D eigenvalue weighted by Gasteiger charge is 1.99. The van der Waals surface area contributed by atoms with Gasteiger partial charge in [0.05, 0.1) is 0 Å². The minimum atomic E-state index is -0.238. The first-order chi connectivity index (χ1) is 5.59. The average Bonchev–Trinajstić information content (AvgIpc) is 1.96. The zero-order valence-corrected chi connectivity index (χ0v) is 7.32. The van der Waals surface area contributed by atoms with Crippen LogP contribution < -0.4 is 11.4 Å². The van der Waals surface area contributed by atoms with Crippen LogP contribution in [-0.4, -0.2) is 15.6 Å². The summed E-state index contributed by atoms with van der Waals surface area (Å²) in [5.41, 5.74) is 6.29. The number of hydrogen-bond donors (Lipinski definition) is 1. The topological polar surface area (TPSA) is 60.9 Å².